The van der Waals surface area contributed by atoms with E-state index in [4.69, 9.17) is 0 Å². The lowest BCUT2D eigenvalue weighted by Gasteiger charge is -2.22. The predicted octanol–water partition coefficient (Wildman–Crippen LogP) is 0.820. The van der Waals surface area contributed by atoms with Gasteiger partial charge in [-0.1, -0.05) is 24.5 Å². The topological polar surface area (TPSA) is 92.2 Å². The van der Waals surface area contributed by atoms with Crippen LogP contribution < -0.4 is 10.6 Å². The quantitative estimate of drug-likeness (QED) is 0.860. The fourth-order valence-corrected chi connectivity index (χ4v) is 2.32. The van der Waals surface area contributed by atoms with Crippen molar-refractivity contribution in [3.8, 4) is 0 Å². The summed E-state index contributed by atoms with van der Waals surface area (Å²) in [4.78, 5) is 24.8. The minimum absolute atomic E-state index is 0.0720. The first-order valence-electron chi connectivity index (χ1n) is 7.22. The highest BCUT2D eigenvalue weighted by molar-refractivity contribution is 5.87. The molecule has 1 aromatic heterocycles. The van der Waals surface area contributed by atoms with Crippen LogP contribution >= 0.6 is 0 Å². The molecule has 2 rings (SSSR count). The molecular formula is C13H22N6O2. The van der Waals surface area contributed by atoms with E-state index in [9.17, 15) is 9.59 Å². The van der Waals surface area contributed by atoms with Gasteiger partial charge in [0.2, 0.25) is 5.91 Å². The number of hydrogen-bond donors (Lipinski definition) is 2. The molecule has 1 aromatic rings. The molecule has 0 spiro atoms. The van der Waals surface area contributed by atoms with Crippen LogP contribution in [-0.2, 0) is 11.3 Å². The van der Waals surface area contributed by atoms with E-state index in [0.717, 1.165) is 12.8 Å². The molecule has 2 N–H and O–H groups in total. The van der Waals surface area contributed by atoms with Crippen LogP contribution in [0.1, 0.15) is 32.1 Å². The first-order valence-corrected chi connectivity index (χ1v) is 7.22. The van der Waals surface area contributed by atoms with Crippen LogP contribution in [0.3, 0.4) is 0 Å². The number of urea groups is 1. The van der Waals surface area contributed by atoms with Gasteiger partial charge in [0, 0.05) is 20.1 Å². The molecule has 8 heteroatoms. The molecule has 0 aromatic carbocycles. The van der Waals surface area contributed by atoms with Gasteiger partial charge in [0.15, 0.2) is 5.82 Å². The number of carbonyl (C=O) groups excluding carboxylic acids is 2. The molecule has 0 saturated heterocycles. The molecule has 1 saturated carbocycles. The van der Waals surface area contributed by atoms with Crippen molar-refractivity contribution in [2.24, 2.45) is 0 Å². The highest BCUT2D eigenvalue weighted by atomic mass is 16.2. The standard InChI is InChI=1S/C13H22N6O2/c1-18(2)13(21)15-11-8-19(17-16-11)9-12(20)14-10-6-4-3-5-7-10/h8,10H,3-7,9H2,1-2H3,(H,14,20)(H,15,21). The third-order valence-corrected chi connectivity index (χ3v) is 3.46. The van der Waals surface area contributed by atoms with Crippen molar-refractivity contribution in [2.75, 3.05) is 19.4 Å². The van der Waals surface area contributed by atoms with Crippen LogP contribution in [0, 0.1) is 0 Å². The lowest BCUT2D eigenvalue weighted by atomic mass is 9.95. The van der Waals surface area contributed by atoms with Gasteiger partial charge in [0.25, 0.3) is 0 Å². The minimum Gasteiger partial charge on any atom is -0.352 e. The first-order chi connectivity index (χ1) is 10.0. The Morgan fingerprint density at radius 1 is 1.33 bits per heavy atom. The molecule has 8 nitrogen and oxygen atoms in total. The normalized spacial score (nSPS) is 15.5. The zero-order chi connectivity index (χ0) is 15.2. The number of nitrogens with zero attached hydrogens (tertiary/aromatic N) is 4. The average molecular weight is 294 g/mol. The van der Waals surface area contributed by atoms with Crippen LogP contribution in [-0.4, -0.2) is 52.0 Å². The van der Waals surface area contributed by atoms with Crippen LogP contribution in [0.4, 0.5) is 10.6 Å². The Labute approximate surface area is 123 Å². The van der Waals surface area contributed by atoms with Gasteiger partial charge in [-0.05, 0) is 12.8 Å². The van der Waals surface area contributed by atoms with Crippen molar-refractivity contribution < 1.29 is 9.59 Å². The molecule has 0 radical (unpaired) electrons. The fraction of sp³-hybridized carbons (Fsp3) is 0.692. The van der Waals surface area contributed by atoms with Gasteiger partial charge in [-0.3, -0.25) is 10.1 Å². The second-order valence-electron chi connectivity index (χ2n) is 5.53. The number of hydrogen-bond acceptors (Lipinski definition) is 4. The van der Waals surface area contributed by atoms with Crippen LogP contribution in [0.15, 0.2) is 6.20 Å². The number of carbonyl (C=O) groups is 2. The summed E-state index contributed by atoms with van der Waals surface area (Å²) in [6.07, 6.45) is 7.25. The van der Waals surface area contributed by atoms with E-state index in [1.165, 1.54) is 28.8 Å². The summed E-state index contributed by atoms with van der Waals surface area (Å²) in [6, 6.07) is -0.00334. The lowest BCUT2D eigenvalue weighted by Crippen LogP contribution is -2.38. The van der Waals surface area contributed by atoms with E-state index in [2.05, 4.69) is 20.9 Å². The van der Waals surface area contributed by atoms with Crippen LogP contribution in [0.2, 0.25) is 0 Å². The molecule has 0 unspecified atom stereocenters. The lowest BCUT2D eigenvalue weighted by molar-refractivity contribution is -0.122. The van der Waals surface area contributed by atoms with Crippen molar-refractivity contribution in [1.82, 2.24) is 25.2 Å². The monoisotopic (exact) mass is 294 g/mol. The second kappa shape index (κ2) is 7.05. The number of amides is 3. The van der Waals surface area contributed by atoms with E-state index in [-0.39, 0.29) is 24.5 Å². The van der Waals surface area contributed by atoms with Gasteiger partial charge in [0.1, 0.15) is 6.54 Å². The largest absolute Gasteiger partial charge is 0.352 e. The summed E-state index contributed by atoms with van der Waals surface area (Å²) in [5, 5.41) is 13.2. The zero-order valence-electron chi connectivity index (χ0n) is 12.5. The van der Waals surface area contributed by atoms with Crippen LogP contribution in [0.5, 0.6) is 0 Å². The maximum Gasteiger partial charge on any atom is 0.322 e. The summed E-state index contributed by atoms with van der Waals surface area (Å²) >= 11 is 0. The Morgan fingerprint density at radius 3 is 2.71 bits per heavy atom. The van der Waals surface area contributed by atoms with Crippen molar-refractivity contribution in [3.05, 3.63) is 6.20 Å². The van der Waals surface area contributed by atoms with Gasteiger partial charge < -0.3 is 10.2 Å². The van der Waals surface area contributed by atoms with E-state index in [1.54, 1.807) is 20.3 Å². The number of aromatic nitrogens is 3. The maximum absolute atomic E-state index is 11.9. The summed E-state index contributed by atoms with van der Waals surface area (Å²) in [5.74, 6) is 0.261. The molecule has 1 heterocycles. The highest BCUT2D eigenvalue weighted by Gasteiger charge is 2.16. The molecule has 1 aliphatic carbocycles. The molecule has 0 aliphatic heterocycles. The third kappa shape index (κ3) is 4.73. The fourth-order valence-electron chi connectivity index (χ4n) is 2.32. The van der Waals surface area contributed by atoms with Crippen molar-refractivity contribution in [1.29, 1.82) is 0 Å². The van der Waals surface area contributed by atoms with E-state index in [0.29, 0.717) is 5.82 Å². The number of nitrogens with one attached hydrogen (secondary N) is 2. The van der Waals surface area contributed by atoms with E-state index in [1.807, 2.05) is 0 Å². The van der Waals surface area contributed by atoms with Crippen molar-refractivity contribution >= 4 is 17.8 Å². The van der Waals surface area contributed by atoms with Gasteiger partial charge >= 0.3 is 6.03 Å². The van der Waals surface area contributed by atoms with Crippen molar-refractivity contribution in [2.45, 2.75) is 44.7 Å². The average Bonchev–Trinajstić information content (AvgIpc) is 2.86. The Bertz CT molecular complexity index is 493. The third-order valence-electron chi connectivity index (χ3n) is 3.46. The summed E-state index contributed by atoms with van der Waals surface area (Å²) in [7, 11) is 3.27. The van der Waals surface area contributed by atoms with E-state index >= 15 is 0 Å². The molecular weight excluding hydrogens is 272 g/mol. The Kier molecular flexibility index (Phi) is 5.13. The minimum atomic E-state index is -0.284. The maximum atomic E-state index is 11.9. The van der Waals surface area contributed by atoms with Gasteiger partial charge in [-0.25, -0.2) is 9.48 Å². The van der Waals surface area contributed by atoms with E-state index < -0.39 is 0 Å². The summed E-state index contributed by atoms with van der Waals surface area (Å²) < 4.78 is 1.42. The number of anilines is 1. The second-order valence-corrected chi connectivity index (χ2v) is 5.53. The SMILES string of the molecule is CN(C)C(=O)Nc1cn(CC(=O)NC2CCCCC2)nn1. The van der Waals surface area contributed by atoms with Crippen LogP contribution in [0.25, 0.3) is 0 Å². The first kappa shape index (κ1) is 15.3. The van der Waals surface area contributed by atoms with Gasteiger partial charge in [0.05, 0.1) is 6.20 Å². The molecule has 0 bridgehead atoms. The van der Waals surface area contributed by atoms with Crippen molar-refractivity contribution in [3.63, 3.8) is 0 Å². The summed E-state index contributed by atoms with van der Waals surface area (Å²) in [5.41, 5.74) is 0. The zero-order valence-corrected chi connectivity index (χ0v) is 12.5. The predicted molar refractivity (Wildman–Crippen MR) is 77.7 cm³/mol. The van der Waals surface area contributed by atoms with Gasteiger partial charge in [-0.2, -0.15) is 0 Å². The molecule has 3 amide bonds. The highest BCUT2D eigenvalue weighted by Crippen LogP contribution is 2.17. The smallest absolute Gasteiger partial charge is 0.322 e. The Morgan fingerprint density at radius 2 is 2.05 bits per heavy atom. The molecule has 1 fully saturated rings. The Hall–Kier alpha value is -2.12. The summed E-state index contributed by atoms with van der Waals surface area (Å²) in [6.45, 7) is 0.112. The number of rotatable bonds is 4. The molecule has 21 heavy (non-hydrogen) atoms. The van der Waals surface area contributed by atoms with Gasteiger partial charge in [-0.15, -0.1) is 5.10 Å². The molecule has 1 aliphatic rings. The molecule has 0 atom stereocenters. The molecule has 116 valence electrons. The Balaban J connectivity index is 1.81.